The van der Waals surface area contributed by atoms with Gasteiger partial charge in [0.25, 0.3) is 11.6 Å². The molecule has 1 atom stereocenters. The molecule has 1 amide bonds. The molecule has 0 aliphatic carbocycles. The highest BCUT2D eigenvalue weighted by molar-refractivity contribution is 5.94. The van der Waals surface area contributed by atoms with Gasteiger partial charge in [0.15, 0.2) is 0 Å². The van der Waals surface area contributed by atoms with E-state index in [4.69, 9.17) is 0 Å². The van der Waals surface area contributed by atoms with E-state index >= 15 is 0 Å². The van der Waals surface area contributed by atoms with Gasteiger partial charge in [-0.05, 0) is 50.3 Å². The fourth-order valence-corrected chi connectivity index (χ4v) is 3.53. The third-order valence-electron chi connectivity index (χ3n) is 4.82. The second kappa shape index (κ2) is 6.44. The standard InChI is InChI=1S/C16H21N3O3/c20-16(13-3-5-14(6-4-13)19(21)22)18-10-7-12(8-11-18)15-2-1-9-17-15/h3-6,12,15,17H,1-2,7-11H2. The molecular weight excluding hydrogens is 282 g/mol. The summed E-state index contributed by atoms with van der Waals surface area (Å²) in [6.07, 6.45) is 4.58. The Kier molecular flexibility index (Phi) is 4.38. The molecule has 0 aromatic heterocycles. The lowest BCUT2D eigenvalue weighted by Gasteiger charge is -2.35. The summed E-state index contributed by atoms with van der Waals surface area (Å²) in [7, 11) is 0. The highest BCUT2D eigenvalue weighted by atomic mass is 16.6. The summed E-state index contributed by atoms with van der Waals surface area (Å²) in [5.41, 5.74) is 0.547. The third kappa shape index (κ3) is 3.11. The number of nitrogens with one attached hydrogen (secondary N) is 1. The van der Waals surface area contributed by atoms with Crippen LogP contribution in [0, 0.1) is 16.0 Å². The first-order valence-corrected chi connectivity index (χ1v) is 7.92. The molecule has 0 saturated carbocycles. The molecule has 1 aromatic carbocycles. The lowest BCUT2D eigenvalue weighted by molar-refractivity contribution is -0.384. The quantitative estimate of drug-likeness (QED) is 0.686. The lowest BCUT2D eigenvalue weighted by Crippen LogP contribution is -2.43. The maximum Gasteiger partial charge on any atom is 0.269 e. The Morgan fingerprint density at radius 2 is 1.86 bits per heavy atom. The monoisotopic (exact) mass is 303 g/mol. The molecule has 2 aliphatic rings. The molecule has 22 heavy (non-hydrogen) atoms. The van der Waals surface area contributed by atoms with Crippen LogP contribution >= 0.6 is 0 Å². The van der Waals surface area contributed by atoms with Crippen molar-refractivity contribution in [2.45, 2.75) is 31.7 Å². The van der Waals surface area contributed by atoms with Gasteiger partial charge in [0.1, 0.15) is 0 Å². The number of nitro benzene ring substituents is 1. The molecule has 0 bridgehead atoms. The number of benzene rings is 1. The number of carbonyl (C=O) groups is 1. The summed E-state index contributed by atoms with van der Waals surface area (Å²) < 4.78 is 0. The van der Waals surface area contributed by atoms with Crippen molar-refractivity contribution < 1.29 is 9.72 Å². The van der Waals surface area contributed by atoms with Gasteiger partial charge in [-0.3, -0.25) is 14.9 Å². The molecule has 2 aliphatic heterocycles. The van der Waals surface area contributed by atoms with Crippen LogP contribution in [-0.4, -0.2) is 41.4 Å². The molecule has 1 aromatic rings. The second-order valence-electron chi connectivity index (χ2n) is 6.14. The van der Waals surface area contributed by atoms with Crippen molar-refractivity contribution >= 4 is 11.6 Å². The molecule has 3 rings (SSSR count). The van der Waals surface area contributed by atoms with E-state index in [1.807, 2.05) is 4.90 Å². The number of hydrogen-bond acceptors (Lipinski definition) is 4. The third-order valence-corrected chi connectivity index (χ3v) is 4.82. The Bertz CT molecular complexity index is 544. The fourth-order valence-electron chi connectivity index (χ4n) is 3.53. The van der Waals surface area contributed by atoms with Gasteiger partial charge in [-0.1, -0.05) is 0 Å². The summed E-state index contributed by atoms with van der Waals surface area (Å²) in [5, 5.41) is 14.2. The van der Waals surface area contributed by atoms with Gasteiger partial charge in [-0.15, -0.1) is 0 Å². The van der Waals surface area contributed by atoms with Crippen LogP contribution in [0.4, 0.5) is 5.69 Å². The zero-order valence-corrected chi connectivity index (χ0v) is 12.5. The van der Waals surface area contributed by atoms with Gasteiger partial charge in [0.2, 0.25) is 0 Å². The number of rotatable bonds is 3. The predicted molar refractivity (Wildman–Crippen MR) is 82.7 cm³/mol. The van der Waals surface area contributed by atoms with E-state index in [0.29, 0.717) is 17.5 Å². The SMILES string of the molecule is O=C(c1ccc([N+](=O)[O-])cc1)N1CCC(C2CCCN2)CC1. The van der Waals surface area contributed by atoms with Crippen LogP contribution < -0.4 is 5.32 Å². The van der Waals surface area contributed by atoms with Crippen molar-refractivity contribution in [2.24, 2.45) is 5.92 Å². The van der Waals surface area contributed by atoms with Crippen LogP contribution in [0.2, 0.25) is 0 Å². The Balaban J connectivity index is 1.58. The van der Waals surface area contributed by atoms with E-state index in [0.717, 1.165) is 32.5 Å². The Morgan fingerprint density at radius 3 is 2.41 bits per heavy atom. The molecule has 6 nitrogen and oxygen atoms in total. The molecule has 6 heteroatoms. The van der Waals surface area contributed by atoms with E-state index in [9.17, 15) is 14.9 Å². The minimum absolute atomic E-state index is 0.0163. The average Bonchev–Trinajstić information content (AvgIpc) is 3.09. The van der Waals surface area contributed by atoms with Gasteiger partial charge in [0.05, 0.1) is 4.92 Å². The molecule has 2 heterocycles. The van der Waals surface area contributed by atoms with E-state index < -0.39 is 4.92 Å². The van der Waals surface area contributed by atoms with Gasteiger partial charge in [0, 0.05) is 36.8 Å². The molecule has 2 saturated heterocycles. The Morgan fingerprint density at radius 1 is 1.18 bits per heavy atom. The molecule has 1 unspecified atom stereocenters. The molecule has 118 valence electrons. The zero-order valence-electron chi connectivity index (χ0n) is 12.5. The lowest BCUT2D eigenvalue weighted by atomic mass is 9.88. The number of amides is 1. The maximum absolute atomic E-state index is 12.4. The van der Waals surface area contributed by atoms with Gasteiger partial charge >= 0.3 is 0 Å². The highest BCUT2D eigenvalue weighted by Crippen LogP contribution is 2.26. The van der Waals surface area contributed by atoms with Crippen molar-refractivity contribution in [3.05, 3.63) is 39.9 Å². The molecule has 0 spiro atoms. The number of nitro groups is 1. The van der Waals surface area contributed by atoms with Gasteiger partial charge < -0.3 is 10.2 Å². The van der Waals surface area contributed by atoms with E-state index in [1.165, 1.54) is 25.0 Å². The van der Waals surface area contributed by atoms with Crippen molar-refractivity contribution in [3.8, 4) is 0 Å². The number of likely N-dealkylation sites (tertiary alicyclic amines) is 1. The molecular formula is C16H21N3O3. The molecule has 2 fully saturated rings. The van der Waals surface area contributed by atoms with Crippen LogP contribution in [0.15, 0.2) is 24.3 Å². The van der Waals surface area contributed by atoms with Gasteiger partial charge in [-0.2, -0.15) is 0 Å². The Labute approximate surface area is 129 Å². The molecule has 1 N–H and O–H groups in total. The van der Waals surface area contributed by atoms with Crippen molar-refractivity contribution in [2.75, 3.05) is 19.6 Å². The van der Waals surface area contributed by atoms with Crippen LogP contribution in [0.1, 0.15) is 36.0 Å². The van der Waals surface area contributed by atoms with Crippen LogP contribution in [0.5, 0.6) is 0 Å². The highest BCUT2D eigenvalue weighted by Gasteiger charge is 2.30. The summed E-state index contributed by atoms with van der Waals surface area (Å²) in [6, 6.07) is 6.50. The fraction of sp³-hybridized carbons (Fsp3) is 0.562. The number of non-ortho nitro benzene ring substituents is 1. The number of piperidine rings is 1. The predicted octanol–water partition coefficient (Wildman–Crippen LogP) is 2.20. The van der Waals surface area contributed by atoms with Crippen LogP contribution in [0.3, 0.4) is 0 Å². The van der Waals surface area contributed by atoms with Crippen molar-refractivity contribution in [1.82, 2.24) is 10.2 Å². The minimum Gasteiger partial charge on any atom is -0.339 e. The molecule has 0 radical (unpaired) electrons. The van der Waals surface area contributed by atoms with Gasteiger partial charge in [-0.25, -0.2) is 0 Å². The minimum atomic E-state index is -0.450. The average molecular weight is 303 g/mol. The largest absolute Gasteiger partial charge is 0.339 e. The first kappa shape index (κ1) is 15.0. The Hall–Kier alpha value is -1.95. The number of hydrogen-bond donors (Lipinski definition) is 1. The second-order valence-corrected chi connectivity index (χ2v) is 6.14. The topological polar surface area (TPSA) is 75.5 Å². The summed E-state index contributed by atoms with van der Waals surface area (Å²) >= 11 is 0. The van der Waals surface area contributed by atoms with Crippen LogP contribution in [-0.2, 0) is 0 Å². The van der Waals surface area contributed by atoms with Crippen LogP contribution in [0.25, 0.3) is 0 Å². The first-order valence-electron chi connectivity index (χ1n) is 7.92. The number of nitrogens with zero attached hydrogens (tertiary/aromatic N) is 2. The van der Waals surface area contributed by atoms with E-state index in [2.05, 4.69) is 5.32 Å². The first-order chi connectivity index (χ1) is 10.6. The summed E-state index contributed by atoms with van der Waals surface area (Å²) in [5.74, 6) is 0.649. The zero-order chi connectivity index (χ0) is 15.5. The van der Waals surface area contributed by atoms with Crippen molar-refractivity contribution in [3.63, 3.8) is 0 Å². The normalized spacial score (nSPS) is 22.7. The summed E-state index contributed by atoms with van der Waals surface area (Å²) in [4.78, 5) is 24.5. The van der Waals surface area contributed by atoms with Crippen molar-refractivity contribution in [1.29, 1.82) is 0 Å². The van der Waals surface area contributed by atoms with E-state index in [-0.39, 0.29) is 11.6 Å². The maximum atomic E-state index is 12.4. The van der Waals surface area contributed by atoms with E-state index in [1.54, 1.807) is 12.1 Å². The number of carbonyl (C=O) groups excluding carboxylic acids is 1. The smallest absolute Gasteiger partial charge is 0.269 e. The summed E-state index contributed by atoms with van der Waals surface area (Å²) in [6.45, 7) is 2.67.